The van der Waals surface area contributed by atoms with Crippen molar-refractivity contribution in [3.8, 4) is 11.6 Å². The first-order valence-corrected chi connectivity index (χ1v) is 8.64. The molecular weight excluding hydrogens is 338 g/mol. The van der Waals surface area contributed by atoms with Gasteiger partial charge in [-0.1, -0.05) is 42.1 Å². The van der Waals surface area contributed by atoms with Gasteiger partial charge in [0.1, 0.15) is 0 Å². The second-order valence-electron chi connectivity index (χ2n) is 5.59. The Bertz CT molecular complexity index is 832. The Hall–Kier alpha value is -2.74. The highest BCUT2D eigenvalue weighted by Crippen LogP contribution is 2.25. The molecule has 1 atom stereocenters. The molecule has 0 saturated carbocycles. The van der Waals surface area contributed by atoms with Crippen LogP contribution in [0.3, 0.4) is 0 Å². The fourth-order valence-corrected chi connectivity index (χ4v) is 3.27. The molecule has 25 heavy (non-hydrogen) atoms. The number of thioether (sulfide) groups is 1. The SMILES string of the molecule is C[C@H](Sc1nnc(-c2ccco2)n1N)C(=O)N(C)Cc1ccccc1. The maximum absolute atomic E-state index is 12.6. The van der Waals surface area contributed by atoms with Gasteiger partial charge >= 0.3 is 0 Å². The number of amides is 1. The van der Waals surface area contributed by atoms with E-state index in [2.05, 4.69) is 10.2 Å². The van der Waals surface area contributed by atoms with E-state index in [1.165, 1.54) is 16.4 Å². The summed E-state index contributed by atoms with van der Waals surface area (Å²) in [5.74, 6) is 6.98. The molecule has 0 saturated heterocycles. The Labute approximate surface area is 149 Å². The number of rotatable bonds is 6. The zero-order valence-corrected chi connectivity index (χ0v) is 14.8. The third-order valence-corrected chi connectivity index (χ3v) is 4.72. The predicted molar refractivity (Wildman–Crippen MR) is 96.1 cm³/mol. The van der Waals surface area contributed by atoms with Gasteiger partial charge in [-0.15, -0.1) is 10.2 Å². The average Bonchev–Trinajstić information content (AvgIpc) is 3.25. The van der Waals surface area contributed by atoms with Gasteiger partial charge in [0.2, 0.25) is 16.9 Å². The van der Waals surface area contributed by atoms with E-state index in [0.717, 1.165) is 5.56 Å². The number of nitrogens with zero attached hydrogens (tertiary/aromatic N) is 4. The molecule has 0 aliphatic heterocycles. The number of hydrogen-bond acceptors (Lipinski definition) is 6. The van der Waals surface area contributed by atoms with E-state index in [9.17, 15) is 4.79 Å². The van der Waals surface area contributed by atoms with Crippen LogP contribution < -0.4 is 5.84 Å². The van der Waals surface area contributed by atoms with Crippen molar-refractivity contribution in [3.63, 3.8) is 0 Å². The van der Waals surface area contributed by atoms with Gasteiger partial charge in [-0.2, -0.15) is 0 Å². The monoisotopic (exact) mass is 357 g/mol. The molecule has 2 heterocycles. The van der Waals surface area contributed by atoms with Gasteiger partial charge in [-0.05, 0) is 24.6 Å². The zero-order valence-electron chi connectivity index (χ0n) is 14.0. The summed E-state index contributed by atoms with van der Waals surface area (Å²) < 4.78 is 6.62. The third-order valence-electron chi connectivity index (χ3n) is 3.67. The minimum Gasteiger partial charge on any atom is -0.461 e. The summed E-state index contributed by atoms with van der Waals surface area (Å²) in [6, 6.07) is 13.4. The van der Waals surface area contributed by atoms with Crippen LogP contribution in [0.25, 0.3) is 11.6 Å². The third kappa shape index (κ3) is 3.85. The van der Waals surface area contributed by atoms with Gasteiger partial charge in [0, 0.05) is 13.6 Å². The molecule has 0 unspecified atom stereocenters. The summed E-state index contributed by atoms with van der Waals surface area (Å²) in [5.41, 5.74) is 1.08. The van der Waals surface area contributed by atoms with Crippen molar-refractivity contribution in [1.82, 2.24) is 19.8 Å². The molecule has 0 fully saturated rings. The maximum Gasteiger partial charge on any atom is 0.235 e. The molecule has 1 aromatic carbocycles. The van der Waals surface area contributed by atoms with Gasteiger partial charge in [-0.25, -0.2) is 4.68 Å². The van der Waals surface area contributed by atoms with Crippen LogP contribution in [0.1, 0.15) is 12.5 Å². The number of carbonyl (C=O) groups is 1. The summed E-state index contributed by atoms with van der Waals surface area (Å²) in [5, 5.41) is 8.21. The smallest absolute Gasteiger partial charge is 0.235 e. The van der Waals surface area contributed by atoms with Gasteiger partial charge in [-0.3, -0.25) is 4.79 Å². The minimum atomic E-state index is -0.343. The van der Waals surface area contributed by atoms with Gasteiger partial charge in [0.25, 0.3) is 0 Å². The Morgan fingerprint density at radius 2 is 2.04 bits per heavy atom. The van der Waals surface area contributed by atoms with Crippen LogP contribution in [0.15, 0.2) is 58.3 Å². The molecule has 0 bridgehead atoms. The van der Waals surface area contributed by atoms with Crippen LogP contribution in [0.4, 0.5) is 0 Å². The van der Waals surface area contributed by atoms with Gasteiger partial charge in [0.05, 0.1) is 11.5 Å². The van der Waals surface area contributed by atoms with E-state index in [1.807, 2.05) is 37.3 Å². The number of nitrogens with two attached hydrogens (primary N) is 1. The normalized spacial score (nSPS) is 12.1. The van der Waals surface area contributed by atoms with Crippen molar-refractivity contribution in [1.29, 1.82) is 0 Å². The van der Waals surface area contributed by atoms with Crippen LogP contribution in [0.5, 0.6) is 0 Å². The molecule has 0 radical (unpaired) electrons. The van der Waals surface area contributed by atoms with Crippen molar-refractivity contribution in [2.75, 3.05) is 12.9 Å². The van der Waals surface area contributed by atoms with E-state index in [0.29, 0.717) is 23.3 Å². The summed E-state index contributed by atoms with van der Waals surface area (Å²) in [6.45, 7) is 2.38. The van der Waals surface area contributed by atoms with Crippen molar-refractivity contribution in [3.05, 3.63) is 54.3 Å². The van der Waals surface area contributed by atoms with E-state index in [-0.39, 0.29) is 11.2 Å². The Balaban J connectivity index is 1.65. The molecular formula is C17H19N5O2S. The maximum atomic E-state index is 12.6. The predicted octanol–water partition coefficient (Wildman–Crippen LogP) is 2.39. The number of benzene rings is 1. The highest BCUT2D eigenvalue weighted by atomic mass is 32.2. The standard InChI is InChI=1S/C17H19N5O2S/c1-12(16(23)21(2)11-13-7-4-3-5-8-13)25-17-20-19-15(22(17)18)14-9-6-10-24-14/h3-10,12H,11,18H2,1-2H3/t12-/m0/s1. The highest BCUT2D eigenvalue weighted by Gasteiger charge is 2.23. The van der Waals surface area contributed by atoms with E-state index in [1.54, 1.807) is 30.3 Å². The van der Waals surface area contributed by atoms with Crippen molar-refractivity contribution >= 4 is 17.7 Å². The Morgan fingerprint density at radius 1 is 1.28 bits per heavy atom. The summed E-state index contributed by atoms with van der Waals surface area (Å²) in [7, 11) is 1.79. The van der Waals surface area contributed by atoms with Crippen molar-refractivity contribution < 1.29 is 9.21 Å². The van der Waals surface area contributed by atoms with Crippen molar-refractivity contribution in [2.45, 2.75) is 23.9 Å². The number of nitrogen functional groups attached to an aromatic ring is 1. The summed E-state index contributed by atoms with van der Waals surface area (Å²) in [4.78, 5) is 14.3. The van der Waals surface area contributed by atoms with Crippen LogP contribution >= 0.6 is 11.8 Å². The van der Waals surface area contributed by atoms with Crippen LogP contribution in [-0.4, -0.2) is 38.0 Å². The molecule has 130 valence electrons. The first-order chi connectivity index (χ1) is 12.1. The Kier molecular flexibility index (Phi) is 5.08. The number of furan rings is 1. The minimum absolute atomic E-state index is 0.00333. The molecule has 7 nitrogen and oxygen atoms in total. The molecule has 0 aliphatic carbocycles. The lowest BCUT2D eigenvalue weighted by Crippen LogP contribution is -2.33. The molecule has 8 heteroatoms. The molecule has 2 aromatic heterocycles. The van der Waals surface area contributed by atoms with Gasteiger partial charge in [0.15, 0.2) is 5.76 Å². The first kappa shape index (κ1) is 17.1. The molecule has 1 amide bonds. The van der Waals surface area contributed by atoms with E-state index < -0.39 is 0 Å². The molecule has 3 rings (SSSR count). The number of hydrogen-bond donors (Lipinski definition) is 1. The lowest BCUT2D eigenvalue weighted by molar-refractivity contribution is -0.129. The van der Waals surface area contributed by atoms with Crippen LogP contribution in [0, 0.1) is 0 Å². The fraction of sp³-hybridized carbons (Fsp3) is 0.235. The van der Waals surface area contributed by atoms with E-state index >= 15 is 0 Å². The molecule has 2 N–H and O–H groups in total. The number of aromatic nitrogens is 3. The average molecular weight is 357 g/mol. The molecule has 3 aromatic rings. The topological polar surface area (TPSA) is 90.2 Å². The second-order valence-corrected chi connectivity index (χ2v) is 6.90. The molecule has 0 aliphatic rings. The van der Waals surface area contributed by atoms with Crippen molar-refractivity contribution in [2.24, 2.45) is 0 Å². The van der Waals surface area contributed by atoms with Gasteiger partial charge < -0.3 is 15.2 Å². The largest absolute Gasteiger partial charge is 0.461 e. The second kappa shape index (κ2) is 7.43. The quantitative estimate of drug-likeness (QED) is 0.538. The number of carbonyl (C=O) groups excluding carboxylic acids is 1. The molecule has 0 spiro atoms. The highest BCUT2D eigenvalue weighted by molar-refractivity contribution is 8.00. The Morgan fingerprint density at radius 3 is 2.72 bits per heavy atom. The summed E-state index contributed by atoms with van der Waals surface area (Å²) >= 11 is 1.27. The van der Waals surface area contributed by atoms with Crippen LogP contribution in [0.2, 0.25) is 0 Å². The zero-order chi connectivity index (χ0) is 17.8. The fourth-order valence-electron chi connectivity index (χ4n) is 2.39. The summed E-state index contributed by atoms with van der Waals surface area (Å²) in [6.07, 6.45) is 1.54. The van der Waals surface area contributed by atoms with Crippen LogP contribution in [-0.2, 0) is 11.3 Å². The lowest BCUT2D eigenvalue weighted by atomic mass is 10.2. The lowest BCUT2D eigenvalue weighted by Gasteiger charge is -2.20. The first-order valence-electron chi connectivity index (χ1n) is 7.76. The van der Waals surface area contributed by atoms with E-state index in [4.69, 9.17) is 10.3 Å².